The van der Waals surface area contributed by atoms with Crippen molar-refractivity contribution >= 4 is 33.0 Å². The van der Waals surface area contributed by atoms with Crippen molar-refractivity contribution in [3.05, 3.63) is 50.6 Å². The smallest absolute Gasteiger partial charge is 0.203 e. The van der Waals surface area contributed by atoms with Gasteiger partial charge in [0, 0.05) is 24.8 Å². The summed E-state index contributed by atoms with van der Waals surface area (Å²) < 4.78 is 13.8. The molecule has 0 unspecified atom stereocenters. The van der Waals surface area contributed by atoms with Crippen LogP contribution in [-0.4, -0.2) is 28.7 Å². The van der Waals surface area contributed by atoms with E-state index in [4.69, 9.17) is 14.6 Å². The Morgan fingerprint density at radius 2 is 2.08 bits per heavy atom. The van der Waals surface area contributed by atoms with Crippen LogP contribution in [0.2, 0.25) is 0 Å². The highest BCUT2D eigenvalue weighted by molar-refractivity contribution is 9.11. The molecular formula is C20H21BrN2O2S. The summed E-state index contributed by atoms with van der Waals surface area (Å²) in [5.41, 5.74) is 1.72. The van der Waals surface area contributed by atoms with E-state index in [1.165, 1.54) is 10.4 Å². The van der Waals surface area contributed by atoms with Gasteiger partial charge in [-0.3, -0.25) is 0 Å². The summed E-state index contributed by atoms with van der Waals surface area (Å²) >= 11 is 5.32. The summed E-state index contributed by atoms with van der Waals surface area (Å²) in [6, 6.07) is 12.9. The first-order valence-corrected chi connectivity index (χ1v) is 10.6. The Morgan fingerprint density at radius 1 is 1.23 bits per heavy atom. The van der Waals surface area contributed by atoms with E-state index in [2.05, 4.69) is 71.2 Å². The lowest BCUT2D eigenvalue weighted by molar-refractivity contribution is -0.212. The van der Waals surface area contributed by atoms with E-state index in [9.17, 15) is 0 Å². The van der Waals surface area contributed by atoms with E-state index in [0.29, 0.717) is 6.61 Å². The highest BCUT2D eigenvalue weighted by Crippen LogP contribution is 2.52. The average molecular weight is 433 g/mol. The number of hydrogen-bond donors (Lipinski definition) is 0. The number of hydrazone groups is 1. The van der Waals surface area contributed by atoms with Gasteiger partial charge in [0.1, 0.15) is 5.75 Å². The van der Waals surface area contributed by atoms with Crippen LogP contribution in [0.3, 0.4) is 0 Å². The molecule has 1 fully saturated rings. The van der Waals surface area contributed by atoms with Crippen molar-refractivity contribution in [2.24, 2.45) is 5.10 Å². The Balaban J connectivity index is 1.61. The first-order valence-electron chi connectivity index (χ1n) is 9.00. The predicted molar refractivity (Wildman–Crippen MR) is 107 cm³/mol. The number of rotatable bonds is 1. The minimum Gasteiger partial charge on any atom is -0.466 e. The topological polar surface area (TPSA) is 34.1 Å². The molecule has 0 saturated carbocycles. The predicted octanol–water partition coefficient (Wildman–Crippen LogP) is 5.34. The number of benzene rings is 1. The van der Waals surface area contributed by atoms with Crippen LogP contribution in [-0.2, 0) is 4.74 Å². The molecule has 4 nitrogen and oxygen atoms in total. The summed E-state index contributed by atoms with van der Waals surface area (Å²) in [7, 11) is 0. The Labute approximate surface area is 165 Å². The van der Waals surface area contributed by atoms with Crippen molar-refractivity contribution in [2.45, 2.75) is 50.5 Å². The quantitative estimate of drug-likeness (QED) is 0.609. The standard InChI is InChI=1S/C20H21BrN2O2S/c1-19(2)12-20(9-10-24-19)23-15(13-5-3-4-6-16(13)25-20)11-14(22-23)17-7-8-18(21)26-17/h3-8,15H,9-12H2,1-2H3/t15-,20+/m0/s1. The molecule has 6 heteroatoms. The molecule has 2 aromatic rings. The Bertz CT molecular complexity index is 893. The number of nitrogens with zero attached hydrogens (tertiary/aromatic N) is 2. The third-order valence-corrected chi connectivity index (χ3v) is 7.12. The molecule has 0 aliphatic carbocycles. The van der Waals surface area contributed by atoms with Crippen molar-refractivity contribution < 1.29 is 9.47 Å². The van der Waals surface area contributed by atoms with Crippen LogP contribution in [0.5, 0.6) is 5.75 Å². The summed E-state index contributed by atoms with van der Waals surface area (Å²) in [5, 5.41) is 7.33. The van der Waals surface area contributed by atoms with Crippen LogP contribution >= 0.6 is 27.3 Å². The lowest BCUT2D eigenvalue weighted by Gasteiger charge is -2.52. The monoisotopic (exact) mass is 432 g/mol. The maximum absolute atomic E-state index is 6.63. The zero-order valence-electron chi connectivity index (χ0n) is 14.9. The fourth-order valence-corrected chi connectivity index (χ4v) is 5.80. The Hall–Kier alpha value is -1.37. The molecule has 1 saturated heterocycles. The number of thiophene rings is 1. The van der Waals surface area contributed by atoms with Gasteiger partial charge in [0.25, 0.3) is 0 Å². The largest absolute Gasteiger partial charge is 0.466 e. The van der Waals surface area contributed by atoms with E-state index in [1.807, 2.05) is 0 Å². The molecular weight excluding hydrogens is 412 g/mol. The van der Waals surface area contributed by atoms with E-state index in [-0.39, 0.29) is 11.6 Å². The minimum atomic E-state index is -0.434. The fraction of sp³-hybridized carbons (Fsp3) is 0.450. The summed E-state index contributed by atoms with van der Waals surface area (Å²) in [4.78, 5) is 1.23. The zero-order valence-corrected chi connectivity index (χ0v) is 17.3. The van der Waals surface area contributed by atoms with Gasteiger partial charge in [-0.25, -0.2) is 5.01 Å². The zero-order chi connectivity index (χ0) is 17.9. The first kappa shape index (κ1) is 16.8. The minimum absolute atomic E-state index is 0.223. The fourth-order valence-electron chi connectivity index (χ4n) is 4.42. The molecule has 1 aromatic heterocycles. The van der Waals surface area contributed by atoms with Gasteiger partial charge in [-0.15, -0.1) is 11.3 Å². The molecule has 4 heterocycles. The molecule has 1 aromatic carbocycles. The second-order valence-electron chi connectivity index (χ2n) is 7.84. The number of hydrogen-bond acceptors (Lipinski definition) is 5. The molecule has 3 aliphatic heterocycles. The SMILES string of the molecule is CC1(C)C[C@@]2(CCO1)Oc1ccccc1[C@@H]1CC(c3ccc(Br)s3)=NN12. The molecule has 26 heavy (non-hydrogen) atoms. The van der Waals surface area contributed by atoms with Crippen molar-refractivity contribution in [1.82, 2.24) is 5.01 Å². The van der Waals surface area contributed by atoms with Gasteiger partial charge in [0.05, 0.1) is 32.6 Å². The lowest BCUT2D eigenvalue weighted by atomic mass is 9.86. The molecule has 2 atom stereocenters. The van der Waals surface area contributed by atoms with Gasteiger partial charge in [-0.2, -0.15) is 5.10 Å². The second-order valence-corrected chi connectivity index (χ2v) is 10.3. The van der Waals surface area contributed by atoms with Gasteiger partial charge < -0.3 is 9.47 Å². The van der Waals surface area contributed by atoms with Gasteiger partial charge in [0.15, 0.2) is 0 Å². The number of ether oxygens (including phenoxy) is 2. The molecule has 5 rings (SSSR count). The molecule has 3 aliphatic rings. The molecule has 136 valence electrons. The Morgan fingerprint density at radius 3 is 2.85 bits per heavy atom. The molecule has 0 bridgehead atoms. The average Bonchev–Trinajstić information content (AvgIpc) is 3.21. The first-order chi connectivity index (χ1) is 12.5. The molecule has 1 spiro atoms. The van der Waals surface area contributed by atoms with Gasteiger partial charge in [-0.05, 0) is 48.0 Å². The molecule has 0 radical (unpaired) electrons. The van der Waals surface area contributed by atoms with Crippen molar-refractivity contribution in [2.75, 3.05) is 6.61 Å². The number of halogens is 1. The normalized spacial score (nSPS) is 29.1. The van der Waals surface area contributed by atoms with Gasteiger partial charge in [-0.1, -0.05) is 18.2 Å². The maximum Gasteiger partial charge on any atom is 0.203 e. The van der Waals surface area contributed by atoms with Crippen LogP contribution in [0.15, 0.2) is 45.3 Å². The highest BCUT2D eigenvalue weighted by Gasteiger charge is 2.54. The van der Waals surface area contributed by atoms with Crippen molar-refractivity contribution in [1.29, 1.82) is 0 Å². The maximum atomic E-state index is 6.63. The highest BCUT2D eigenvalue weighted by atomic mass is 79.9. The molecule has 0 N–H and O–H groups in total. The summed E-state index contributed by atoms with van der Waals surface area (Å²) in [6.07, 6.45) is 2.54. The van der Waals surface area contributed by atoms with Gasteiger partial charge >= 0.3 is 0 Å². The van der Waals surface area contributed by atoms with Gasteiger partial charge in [0.2, 0.25) is 5.72 Å². The second kappa shape index (κ2) is 5.81. The number of fused-ring (bicyclic) bond motifs is 4. The van der Waals surface area contributed by atoms with E-state index in [1.54, 1.807) is 11.3 Å². The van der Waals surface area contributed by atoms with E-state index >= 15 is 0 Å². The van der Waals surface area contributed by atoms with Crippen LogP contribution in [0, 0.1) is 0 Å². The van der Waals surface area contributed by atoms with E-state index < -0.39 is 5.72 Å². The van der Waals surface area contributed by atoms with Crippen LogP contribution < -0.4 is 4.74 Å². The van der Waals surface area contributed by atoms with Crippen molar-refractivity contribution in [3.8, 4) is 5.75 Å². The van der Waals surface area contributed by atoms with Crippen LogP contribution in [0.25, 0.3) is 0 Å². The van der Waals surface area contributed by atoms with Crippen molar-refractivity contribution in [3.63, 3.8) is 0 Å². The van der Waals surface area contributed by atoms with Crippen LogP contribution in [0.4, 0.5) is 0 Å². The third kappa shape index (κ3) is 2.62. The summed E-state index contributed by atoms with van der Waals surface area (Å²) in [5.74, 6) is 0.996. The third-order valence-electron chi connectivity index (χ3n) is 5.45. The summed E-state index contributed by atoms with van der Waals surface area (Å²) in [6.45, 7) is 4.97. The lowest BCUT2D eigenvalue weighted by Crippen LogP contribution is -2.60. The molecule has 0 amide bonds. The van der Waals surface area contributed by atoms with Crippen LogP contribution in [0.1, 0.15) is 49.6 Å². The van der Waals surface area contributed by atoms with E-state index in [0.717, 1.165) is 34.5 Å². The Kier molecular flexibility index (Phi) is 3.75. The number of para-hydroxylation sites is 1.